The first-order chi connectivity index (χ1) is 14.6. The molecule has 1 N–H and O–H groups in total. The first-order valence-corrected chi connectivity index (χ1v) is 10.3. The van der Waals surface area contributed by atoms with Crippen LogP contribution in [-0.2, 0) is 20.7 Å². The highest BCUT2D eigenvalue weighted by Crippen LogP contribution is 2.35. The number of nitrogens with one attached hydrogen (secondary N) is 1. The van der Waals surface area contributed by atoms with E-state index in [4.69, 9.17) is 4.74 Å². The summed E-state index contributed by atoms with van der Waals surface area (Å²) < 4.78 is 5.20. The van der Waals surface area contributed by atoms with Crippen molar-refractivity contribution in [3.05, 3.63) is 83.7 Å². The molecule has 5 heteroatoms. The molecule has 0 saturated heterocycles. The molecule has 0 fully saturated rings. The second kappa shape index (κ2) is 8.57. The molecule has 0 spiro atoms. The van der Waals surface area contributed by atoms with Crippen molar-refractivity contribution in [1.29, 1.82) is 0 Å². The molecule has 0 unspecified atom stereocenters. The molecule has 0 bridgehead atoms. The Bertz CT molecular complexity index is 1080. The van der Waals surface area contributed by atoms with Gasteiger partial charge in [0, 0.05) is 41.7 Å². The summed E-state index contributed by atoms with van der Waals surface area (Å²) in [7, 11) is 1.42. The van der Waals surface area contributed by atoms with Gasteiger partial charge in [0.15, 0.2) is 5.78 Å². The van der Waals surface area contributed by atoms with Crippen molar-refractivity contribution in [2.45, 2.75) is 38.3 Å². The highest BCUT2D eigenvalue weighted by Gasteiger charge is 2.36. The molecule has 0 saturated carbocycles. The van der Waals surface area contributed by atoms with Crippen molar-refractivity contribution in [1.82, 2.24) is 9.88 Å². The number of aromatic amines is 1. The molecule has 0 aliphatic carbocycles. The van der Waals surface area contributed by atoms with E-state index in [0.29, 0.717) is 19.3 Å². The van der Waals surface area contributed by atoms with E-state index >= 15 is 0 Å². The van der Waals surface area contributed by atoms with Gasteiger partial charge in [0.2, 0.25) is 0 Å². The fourth-order valence-electron chi connectivity index (χ4n) is 4.27. The molecule has 1 aliphatic rings. The normalized spacial score (nSPS) is 17.7. The largest absolute Gasteiger partial charge is 0.467 e. The summed E-state index contributed by atoms with van der Waals surface area (Å²) >= 11 is 0. The number of esters is 1. The fraction of sp³-hybridized carbons (Fsp3) is 0.280. The molecule has 2 aromatic carbocycles. The summed E-state index contributed by atoms with van der Waals surface area (Å²) in [5.41, 5.74) is 3.85. The number of ketones is 1. The number of aromatic nitrogens is 1. The Morgan fingerprint density at radius 3 is 2.63 bits per heavy atom. The Labute approximate surface area is 176 Å². The molecular formula is C25H26N2O3. The van der Waals surface area contributed by atoms with Crippen molar-refractivity contribution >= 4 is 22.7 Å². The van der Waals surface area contributed by atoms with Crippen LogP contribution in [0, 0.1) is 0 Å². The maximum absolute atomic E-state index is 12.9. The monoisotopic (exact) mass is 402 g/mol. The number of Topliss-reactive ketones (excluding diaryl/α,β-unsaturated/α-hetero) is 1. The summed E-state index contributed by atoms with van der Waals surface area (Å²) in [5.74, 6) is -0.166. The van der Waals surface area contributed by atoms with Crippen molar-refractivity contribution < 1.29 is 14.3 Å². The second-order valence-electron chi connectivity index (χ2n) is 7.61. The molecule has 4 rings (SSSR count). The lowest BCUT2D eigenvalue weighted by Crippen LogP contribution is -2.45. The Balaban J connectivity index is 1.77. The zero-order valence-electron chi connectivity index (χ0n) is 17.3. The van der Waals surface area contributed by atoms with Crippen LogP contribution in [0.5, 0.6) is 0 Å². The van der Waals surface area contributed by atoms with Crippen molar-refractivity contribution in [2.75, 3.05) is 7.11 Å². The maximum atomic E-state index is 12.9. The lowest BCUT2D eigenvalue weighted by atomic mass is 9.90. The van der Waals surface area contributed by atoms with Gasteiger partial charge in [0.1, 0.15) is 6.04 Å². The van der Waals surface area contributed by atoms with Crippen LogP contribution < -0.4 is 0 Å². The van der Waals surface area contributed by atoms with E-state index in [9.17, 15) is 9.59 Å². The molecule has 1 aromatic heterocycles. The van der Waals surface area contributed by atoms with Gasteiger partial charge in [0.25, 0.3) is 0 Å². The minimum atomic E-state index is -0.533. The van der Waals surface area contributed by atoms with Crippen LogP contribution in [0.25, 0.3) is 10.9 Å². The highest BCUT2D eigenvalue weighted by atomic mass is 16.5. The van der Waals surface area contributed by atoms with Crippen LogP contribution in [0.2, 0.25) is 0 Å². The maximum Gasteiger partial charge on any atom is 0.328 e. The number of H-pyrrole nitrogens is 1. The van der Waals surface area contributed by atoms with Gasteiger partial charge in [-0.05, 0) is 23.6 Å². The number of hydrogen-bond donors (Lipinski definition) is 1. The number of fused-ring (bicyclic) bond motifs is 1. The Morgan fingerprint density at radius 2 is 1.90 bits per heavy atom. The van der Waals surface area contributed by atoms with Crippen molar-refractivity contribution in [3.8, 4) is 0 Å². The molecule has 2 atom stereocenters. The molecule has 1 aliphatic heterocycles. The van der Waals surface area contributed by atoms with Gasteiger partial charge in [-0.3, -0.25) is 4.79 Å². The van der Waals surface area contributed by atoms with Crippen LogP contribution in [0.1, 0.15) is 36.9 Å². The third-order valence-corrected chi connectivity index (χ3v) is 5.89. The zero-order chi connectivity index (χ0) is 21.1. The quantitative estimate of drug-likeness (QED) is 0.614. The predicted molar refractivity (Wildman–Crippen MR) is 117 cm³/mol. The van der Waals surface area contributed by atoms with Crippen molar-refractivity contribution in [3.63, 3.8) is 0 Å². The first kappa shape index (κ1) is 20.0. The number of nitrogens with zero attached hydrogens (tertiary/aromatic N) is 1. The number of allylic oxidation sites excluding steroid dienone is 1. The summed E-state index contributed by atoms with van der Waals surface area (Å²) in [6.07, 6.45) is 5.31. The predicted octanol–water partition coefficient (Wildman–Crippen LogP) is 4.56. The van der Waals surface area contributed by atoms with Gasteiger partial charge >= 0.3 is 5.97 Å². The topological polar surface area (TPSA) is 62.4 Å². The smallest absolute Gasteiger partial charge is 0.328 e. The van der Waals surface area contributed by atoms with Crippen LogP contribution in [-0.4, -0.2) is 34.8 Å². The van der Waals surface area contributed by atoms with E-state index < -0.39 is 6.04 Å². The third-order valence-electron chi connectivity index (χ3n) is 5.89. The van der Waals surface area contributed by atoms with Crippen LogP contribution in [0.4, 0.5) is 0 Å². The molecule has 30 heavy (non-hydrogen) atoms. The first-order valence-electron chi connectivity index (χ1n) is 10.3. The third kappa shape index (κ3) is 3.75. The standard InChI is InChI=1S/C25H26N2O3/c1-3-17-16-27(22(14-24(17)28)18-9-5-4-6-10-18)23(25(29)30-2)13-19-15-26-21-12-8-7-11-20(19)21/h4-12,15-16,22-23,26H,3,13-14H2,1-2H3/t22-,23-/m0/s1. The zero-order valence-corrected chi connectivity index (χ0v) is 17.3. The molecule has 3 aromatic rings. The van der Waals surface area contributed by atoms with E-state index in [1.807, 2.05) is 72.8 Å². The van der Waals surface area contributed by atoms with Gasteiger partial charge in [-0.25, -0.2) is 4.79 Å². The number of carbonyl (C=O) groups excluding carboxylic acids is 2. The van der Waals surface area contributed by atoms with E-state index in [1.165, 1.54) is 7.11 Å². The number of hydrogen-bond acceptors (Lipinski definition) is 4. The number of benzene rings is 2. The summed E-state index contributed by atoms with van der Waals surface area (Å²) in [6, 6.07) is 17.2. The Morgan fingerprint density at radius 1 is 1.17 bits per heavy atom. The summed E-state index contributed by atoms with van der Waals surface area (Å²) in [5, 5.41) is 1.09. The van der Waals surface area contributed by atoms with Gasteiger partial charge in [-0.1, -0.05) is 55.5 Å². The Kier molecular flexibility index (Phi) is 5.70. The van der Waals surface area contributed by atoms with Gasteiger partial charge in [-0.2, -0.15) is 0 Å². The number of para-hydroxylation sites is 1. The SMILES string of the molecule is CCC1=CN([C@@H](Cc2c[nH]c3ccccc23)C(=O)OC)[C@H](c2ccccc2)CC1=O. The summed E-state index contributed by atoms with van der Waals surface area (Å²) in [4.78, 5) is 30.9. The fourth-order valence-corrected chi connectivity index (χ4v) is 4.27. The van der Waals surface area contributed by atoms with E-state index in [1.54, 1.807) is 0 Å². The van der Waals surface area contributed by atoms with Crippen LogP contribution in [0.15, 0.2) is 72.6 Å². The number of ether oxygens (including phenoxy) is 1. The highest BCUT2D eigenvalue weighted by molar-refractivity contribution is 5.96. The number of methoxy groups -OCH3 is 1. The van der Waals surface area contributed by atoms with Crippen LogP contribution >= 0.6 is 0 Å². The van der Waals surface area contributed by atoms with Crippen LogP contribution in [0.3, 0.4) is 0 Å². The minimum Gasteiger partial charge on any atom is -0.467 e. The summed E-state index contributed by atoms with van der Waals surface area (Å²) in [6.45, 7) is 1.97. The molecule has 0 radical (unpaired) electrons. The molecule has 5 nitrogen and oxygen atoms in total. The lowest BCUT2D eigenvalue weighted by molar-refractivity contribution is -0.147. The molecular weight excluding hydrogens is 376 g/mol. The lowest BCUT2D eigenvalue weighted by Gasteiger charge is -2.39. The Hall–Kier alpha value is -3.34. The molecule has 154 valence electrons. The number of carbonyl (C=O) groups is 2. The van der Waals surface area contributed by atoms with E-state index in [0.717, 1.165) is 27.6 Å². The van der Waals surface area contributed by atoms with E-state index in [-0.39, 0.29) is 17.8 Å². The average molecular weight is 402 g/mol. The second-order valence-corrected chi connectivity index (χ2v) is 7.61. The van der Waals surface area contributed by atoms with Crippen molar-refractivity contribution in [2.24, 2.45) is 0 Å². The van der Waals surface area contributed by atoms with Gasteiger partial charge in [-0.15, -0.1) is 0 Å². The number of rotatable bonds is 6. The minimum absolute atomic E-state index is 0.137. The van der Waals surface area contributed by atoms with E-state index in [2.05, 4.69) is 11.1 Å². The molecule has 2 heterocycles. The van der Waals surface area contributed by atoms with Gasteiger partial charge < -0.3 is 14.6 Å². The average Bonchev–Trinajstić information content (AvgIpc) is 3.20. The molecule has 0 amide bonds. The van der Waals surface area contributed by atoms with Gasteiger partial charge in [0.05, 0.1) is 13.2 Å².